The monoisotopic (exact) mass is 502 g/mol. The number of rotatable bonds is 10. The molecule has 35 heavy (non-hydrogen) atoms. The Hall–Kier alpha value is -4.39. The Kier molecular flexibility index (Phi) is 10.2. The smallest absolute Gasteiger partial charge is 0.280 e. The summed E-state index contributed by atoms with van der Waals surface area (Å²) in [5.74, 6) is -0.945. The normalized spacial score (nSPS) is 11.6. The molecule has 2 rings (SSSR count). The van der Waals surface area contributed by atoms with Crippen molar-refractivity contribution in [3.63, 3.8) is 0 Å². The van der Waals surface area contributed by atoms with Gasteiger partial charge in [-0.15, -0.1) is 0 Å². The molecule has 0 fully saturated rings. The number of nitrogens with zero attached hydrogens (tertiary/aromatic N) is 4. The molecule has 0 aliphatic carbocycles. The number of guanidine groups is 2. The van der Waals surface area contributed by atoms with Gasteiger partial charge in [0, 0.05) is 12.7 Å². The number of amides is 2. The highest BCUT2D eigenvalue weighted by Crippen LogP contribution is 2.17. The van der Waals surface area contributed by atoms with Crippen LogP contribution in [0.25, 0.3) is 0 Å². The second-order valence-corrected chi connectivity index (χ2v) is 7.35. The summed E-state index contributed by atoms with van der Waals surface area (Å²) in [7, 11) is 0. The molecule has 0 bridgehead atoms. The fraction of sp³-hybridized carbons (Fsp3) is 0.238. The van der Waals surface area contributed by atoms with E-state index in [4.69, 9.17) is 39.3 Å². The number of hydrogen-bond donors (Lipinski definition) is 6. The van der Waals surface area contributed by atoms with Crippen LogP contribution in [0.5, 0.6) is 5.75 Å². The summed E-state index contributed by atoms with van der Waals surface area (Å²) < 4.78 is 5.41. The van der Waals surface area contributed by atoms with E-state index in [1.165, 1.54) is 6.20 Å². The highest BCUT2D eigenvalue weighted by atomic mass is 35.5. The van der Waals surface area contributed by atoms with Crippen LogP contribution in [0.1, 0.15) is 28.9 Å². The van der Waals surface area contributed by atoms with Gasteiger partial charge in [-0.1, -0.05) is 30.3 Å². The lowest BCUT2D eigenvalue weighted by molar-refractivity contribution is -0.121. The van der Waals surface area contributed by atoms with E-state index in [0.29, 0.717) is 12.3 Å². The Balaban J connectivity index is 1.71. The Labute approximate surface area is 206 Å². The molecule has 13 nitrogen and oxygen atoms in total. The SMILES string of the molecule is C=CN=C(N)NC(=O)COc1ccc(CCCCN=C(N)NC(=O)c2nc(Cl)c(N)nc2N)cc1. The maximum absolute atomic E-state index is 12.2. The van der Waals surface area contributed by atoms with E-state index in [1.54, 1.807) is 12.1 Å². The summed E-state index contributed by atoms with van der Waals surface area (Å²) in [6.07, 6.45) is 3.59. The fourth-order valence-corrected chi connectivity index (χ4v) is 2.80. The third-order valence-corrected chi connectivity index (χ3v) is 4.59. The number of anilines is 2. The van der Waals surface area contributed by atoms with Gasteiger partial charge in [-0.05, 0) is 37.0 Å². The number of halogens is 1. The molecule has 1 heterocycles. The van der Waals surface area contributed by atoms with Crippen LogP contribution in [0.2, 0.25) is 5.15 Å². The van der Waals surface area contributed by atoms with Gasteiger partial charge in [0.1, 0.15) is 5.75 Å². The second-order valence-electron chi connectivity index (χ2n) is 6.99. The number of unbranched alkanes of at least 4 members (excludes halogenated alkanes) is 1. The third-order valence-electron chi connectivity index (χ3n) is 4.31. The Morgan fingerprint density at radius 3 is 2.46 bits per heavy atom. The molecule has 1 aromatic carbocycles. The highest BCUT2D eigenvalue weighted by Gasteiger charge is 2.16. The molecule has 0 unspecified atom stereocenters. The number of aliphatic imine (C=N–C) groups is 2. The molecule has 0 atom stereocenters. The van der Waals surface area contributed by atoms with Gasteiger partial charge in [0.05, 0.1) is 0 Å². The zero-order chi connectivity index (χ0) is 25.8. The number of carbonyl (C=O) groups excluding carboxylic acids is 2. The first kappa shape index (κ1) is 26.9. The number of benzene rings is 1. The lowest BCUT2D eigenvalue weighted by atomic mass is 10.1. The Bertz CT molecular complexity index is 1120. The molecule has 14 heteroatoms. The topological polar surface area (TPSA) is 222 Å². The predicted molar refractivity (Wildman–Crippen MR) is 135 cm³/mol. The van der Waals surface area contributed by atoms with Gasteiger partial charge >= 0.3 is 0 Å². The first-order valence-corrected chi connectivity index (χ1v) is 10.7. The van der Waals surface area contributed by atoms with Crippen molar-refractivity contribution < 1.29 is 14.3 Å². The third kappa shape index (κ3) is 9.17. The highest BCUT2D eigenvalue weighted by molar-refractivity contribution is 6.31. The number of nitrogens with one attached hydrogen (secondary N) is 2. The number of ether oxygens (including phenoxy) is 1. The van der Waals surface area contributed by atoms with Crippen LogP contribution in [-0.4, -0.2) is 46.9 Å². The molecule has 2 aromatic rings. The molecule has 2 amide bonds. The molecule has 0 spiro atoms. The number of carbonyl (C=O) groups is 2. The van der Waals surface area contributed by atoms with Gasteiger partial charge in [0.2, 0.25) is 0 Å². The van der Waals surface area contributed by atoms with Gasteiger partial charge in [-0.3, -0.25) is 25.2 Å². The van der Waals surface area contributed by atoms with Gasteiger partial charge in [-0.2, -0.15) is 0 Å². The van der Waals surface area contributed by atoms with E-state index in [1.807, 2.05) is 12.1 Å². The van der Waals surface area contributed by atoms with Crippen molar-refractivity contribution in [1.29, 1.82) is 0 Å². The summed E-state index contributed by atoms with van der Waals surface area (Å²) in [6, 6.07) is 7.35. The second kappa shape index (κ2) is 13.3. The van der Waals surface area contributed by atoms with E-state index in [9.17, 15) is 9.59 Å². The van der Waals surface area contributed by atoms with E-state index < -0.39 is 11.8 Å². The number of aryl methyl sites for hydroxylation is 1. The van der Waals surface area contributed by atoms with E-state index in [0.717, 1.165) is 24.8 Å². The van der Waals surface area contributed by atoms with Crippen molar-refractivity contribution >= 4 is 47.0 Å². The van der Waals surface area contributed by atoms with E-state index in [-0.39, 0.29) is 41.0 Å². The standard InChI is InChI=1S/C21H27ClN10O3/c1-2-27-20(25)29-14(33)11-35-13-8-6-12(7-9-13)5-3-4-10-28-21(26)32-19(34)15-17(23)31-18(24)16(22)30-15/h2,6-9H,1,3-5,10-11H2,(H4,23,24,31)(H3,25,27,29,33)(H3,26,28,32,34). The van der Waals surface area contributed by atoms with Crippen LogP contribution in [0, 0.1) is 0 Å². The minimum Gasteiger partial charge on any atom is -0.484 e. The van der Waals surface area contributed by atoms with Crippen molar-refractivity contribution in [3.05, 3.63) is 53.5 Å². The lowest BCUT2D eigenvalue weighted by Crippen LogP contribution is -2.39. The summed E-state index contributed by atoms with van der Waals surface area (Å²) in [5, 5.41) is 4.61. The molecule has 0 saturated carbocycles. The number of aromatic nitrogens is 2. The zero-order valence-electron chi connectivity index (χ0n) is 18.8. The first-order valence-electron chi connectivity index (χ1n) is 10.3. The van der Waals surface area contributed by atoms with Crippen LogP contribution >= 0.6 is 11.6 Å². The van der Waals surface area contributed by atoms with Gasteiger partial charge in [0.25, 0.3) is 11.8 Å². The van der Waals surface area contributed by atoms with Crippen LogP contribution in [0.4, 0.5) is 11.6 Å². The molecular formula is C21H27ClN10O3. The van der Waals surface area contributed by atoms with Gasteiger partial charge in [-0.25, -0.2) is 15.0 Å². The summed E-state index contributed by atoms with van der Waals surface area (Å²) in [6.45, 7) is 3.59. The largest absolute Gasteiger partial charge is 0.484 e. The maximum atomic E-state index is 12.2. The average molecular weight is 503 g/mol. The van der Waals surface area contributed by atoms with E-state index >= 15 is 0 Å². The van der Waals surface area contributed by atoms with Crippen LogP contribution < -0.4 is 38.3 Å². The van der Waals surface area contributed by atoms with Crippen molar-refractivity contribution in [3.8, 4) is 5.75 Å². The van der Waals surface area contributed by atoms with Gasteiger partial charge < -0.3 is 27.7 Å². The zero-order valence-corrected chi connectivity index (χ0v) is 19.6. The minimum absolute atomic E-state index is 0.0526. The van der Waals surface area contributed by atoms with Crippen molar-refractivity contribution in [2.75, 3.05) is 24.6 Å². The molecule has 0 aliphatic heterocycles. The quantitative estimate of drug-likeness (QED) is 0.149. The number of hydrogen-bond acceptors (Lipinski definition) is 9. The van der Waals surface area contributed by atoms with Crippen molar-refractivity contribution in [1.82, 2.24) is 20.6 Å². The summed E-state index contributed by atoms with van der Waals surface area (Å²) in [4.78, 5) is 39.2. The van der Waals surface area contributed by atoms with Crippen LogP contribution in [-0.2, 0) is 11.2 Å². The van der Waals surface area contributed by atoms with Crippen LogP contribution in [0.3, 0.4) is 0 Å². The van der Waals surface area contributed by atoms with Crippen molar-refractivity contribution in [2.24, 2.45) is 21.5 Å². The molecular weight excluding hydrogens is 476 g/mol. The number of nitrogen functional groups attached to an aromatic ring is 2. The Morgan fingerprint density at radius 1 is 1.06 bits per heavy atom. The van der Waals surface area contributed by atoms with E-state index in [2.05, 4.69) is 37.2 Å². The molecule has 10 N–H and O–H groups in total. The minimum atomic E-state index is -0.689. The average Bonchev–Trinajstić information content (AvgIpc) is 2.80. The molecule has 0 radical (unpaired) electrons. The molecule has 0 aliphatic rings. The summed E-state index contributed by atoms with van der Waals surface area (Å²) in [5.41, 5.74) is 23.2. The molecule has 186 valence electrons. The Morgan fingerprint density at radius 2 is 1.77 bits per heavy atom. The molecule has 1 aromatic heterocycles. The molecule has 0 saturated heterocycles. The fourth-order valence-electron chi connectivity index (χ4n) is 2.67. The van der Waals surface area contributed by atoms with Crippen molar-refractivity contribution in [2.45, 2.75) is 19.3 Å². The summed E-state index contributed by atoms with van der Waals surface area (Å²) >= 11 is 5.77. The first-order chi connectivity index (χ1) is 16.7. The van der Waals surface area contributed by atoms with Gasteiger partial charge in [0.15, 0.2) is 41.0 Å². The number of nitrogens with two attached hydrogens (primary N) is 4. The maximum Gasteiger partial charge on any atom is 0.280 e. The predicted octanol–water partition coefficient (Wildman–Crippen LogP) is 0.315. The van der Waals surface area contributed by atoms with Crippen LogP contribution in [0.15, 0.2) is 47.0 Å². The lowest BCUT2D eigenvalue weighted by Gasteiger charge is -2.08.